The summed E-state index contributed by atoms with van der Waals surface area (Å²) in [6.07, 6.45) is 6.66. The smallest absolute Gasteiger partial charge is 0.293 e. The van der Waals surface area contributed by atoms with E-state index in [1.807, 2.05) is 0 Å². The molecule has 14 heavy (non-hydrogen) atoms. The fraction of sp³-hybridized carbons (Fsp3) is 0.917. The van der Waals surface area contributed by atoms with Crippen molar-refractivity contribution in [2.24, 2.45) is 23.7 Å². The summed E-state index contributed by atoms with van der Waals surface area (Å²) in [7, 11) is 0. The molecule has 0 saturated heterocycles. The van der Waals surface area contributed by atoms with Crippen molar-refractivity contribution < 1.29 is 9.53 Å². The maximum Gasteiger partial charge on any atom is 0.293 e. The molecule has 3 fully saturated rings. The molecule has 5 unspecified atom stereocenters. The minimum Gasteiger partial charge on any atom is -0.461 e. The van der Waals surface area contributed by atoms with Crippen LogP contribution in [0, 0.1) is 23.7 Å². The Balaban J connectivity index is 1.85. The highest BCUT2D eigenvalue weighted by Crippen LogP contribution is 2.63. The Labute approximate surface area is 85.0 Å². The van der Waals surface area contributed by atoms with Crippen LogP contribution in [0.2, 0.25) is 0 Å². The Hall–Kier alpha value is -0.530. The summed E-state index contributed by atoms with van der Waals surface area (Å²) < 4.78 is 5.35. The molecule has 0 aromatic heterocycles. The maximum absolute atomic E-state index is 10.5. The molecule has 2 nitrogen and oxygen atoms in total. The fourth-order valence-electron chi connectivity index (χ4n) is 4.63. The van der Waals surface area contributed by atoms with Crippen molar-refractivity contribution in [1.82, 2.24) is 0 Å². The largest absolute Gasteiger partial charge is 0.461 e. The second kappa shape index (κ2) is 2.74. The lowest BCUT2D eigenvalue weighted by Crippen LogP contribution is -2.40. The van der Waals surface area contributed by atoms with Gasteiger partial charge in [0.15, 0.2) is 0 Å². The van der Waals surface area contributed by atoms with Crippen molar-refractivity contribution in [3.05, 3.63) is 0 Å². The lowest BCUT2D eigenvalue weighted by molar-refractivity contribution is -0.150. The molecule has 0 N–H and O–H groups in total. The van der Waals surface area contributed by atoms with Gasteiger partial charge in [-0.3, -0.25) is 4.79 Å². The summed E-state index contributed by atoms with van der Waals surface area (Å²) in [4.78, 5) is 10.5. The van der Waals surface area contributed by atoms with E-state index in [-0.39, 0.29) is 5.60 Å². The molecule has 0 aromatic carbocycles. The first-order valence-electron chi connectivity index (χ1n) is 5.86. The van der Waals surface area contributed by atoms with E-state index < -0.39 is 0 Å². The standard InChI is InChI=1S/C12H18O2/c1-12(14-7-13)6-8-5-11(12)10-4-2-3-9(8)10/h7-11H,2-6H2,1H3. The van der Waals surface area contributed by atoms with Crippen LogP contribution >= 0.6 is 0 Å². The Morgan fingerprint density at radius 1 is 1.36 bits per heavy atom. The first-order valence-corrected chi connectivity index (χ1v) is 5.86. The van der Waals surface area contributed by atoms with E-state index in [9.17, 15) is 4.79 Å². The van der Waals surface area contributed by atoms with Crippen molar-refractivity contribution in [2.75, 3.05) is 0 Å². The zero-order valence-electron chi connectivity index (χ0n) is 8.74. The molecular weight excluding hydrogens is 176 g/mol. The van der Waals surface area contributed by atoms with E-state index in [0.717, 1.165) is 24.2 Å². The van der Waals surface area contributed by atoms with Crippen molar-refractivity contribution in [1.29, 1.82) is 0 Å². The predicted molar refractivity (Wildman–Crippen MR) is 52.6 cm³/mol. The Kier molecular flexibility index (Phi) is 1.71. The second-order valence-electron chi connectivity index (χ2n) is 5.59. The van der Waals surface area contributed by atoms with Gasteiger partial charge in [-0.1, -0.05) is 6.42 Å². The number of fused-ring (bicyclic) bond motifs is 5. The minimum absolute atomic E-state index is 0.113. The van der Waals surface area contributed by atoms with Crippen molar-refractivity contribution >= 4 is 6.47 Å². The molecule has 2 bridgehead atoms. The fourth-order valence-corrected chi connectivity index (χ4v) is 4.63. The van der Waals surface area contributed by atoms with E-state index >= 15 is 0 Å². The third kappa shape index (κ3) is 0.945. The molecule has 0 amide bonds. The number of hydrogen-bond acceptors (Lipinski definition) is 2. The maximum atomic E-state index is 10.5. The van der Waals surface area contributed by atoms with Crippen molar-refractivity contribution in [3.8, 4) is 0 Å². The zero-order valence-corrected chi connectivity index (χ0v) is 8.74. The molecule has 0 heterocycles. The van der Waals surface area contributed by atoms with Gasteiger partial charge in [-0.2, -0.15) is 0 Å². The van der Waals surface area contributed by atoms with E-state index in [1.165, 1.54) is 25.7 Å². The number of carbonyl (C=O) groups is 1. The molecule has 5 atom stereocenters. The van der Waals surface area contributed by atoms with E-state index in [4.69, 9.17) is 4.74 Å². The van der Waals surface area contributed by atoms with Gasteiger partial charge in [0.05, 0.1) is 0 Å². The van der Waals surface area contributed by atoms with E-state index in [0.29, 0.717) is 12.4 Å². The Morgan fingerprint density at radius 3 is 2.93 bits per heavy atom. The molecule has 0 aromatic rings. The summed E-state index contributed by atoms with van der Waals surface area (Å²) in [6, 6.07) is 0. The van der Waals surface area contributed by atoms with Crippen LogP contribution < -0.4 is 0 Å². The third-order valence-corrected chi connectivity index (χ3v) is 5.07. The van der Waals surface area contributed by atoms with Gasteiger partial charge in [0.2, 0.25) is 0 Å². The molecule has 78 valence electrons. The molecule has 3 aliphatic carbocycles. The normalized spacial score (nSPS) is 54.6. The van der Waals surface area contributed by atoms with Gasteiger partial charge < -0.3 is 4.74 Å². The summed E-state index contributed by atoms with van der Waals surface area (Å²) >= 11 is 0. The lowest BCUT2D eigenvalue weighted by Gasteiger charge is -2.38. The Morgan fingerprint density at radius 2 is 2.14 bits per heavy atom. The van der Waals surface area contributed by atoms with E-state index in [1.54, 1.807) is 0 Å². The molecule has 0 aliphatic heterocycles. The second-order valence-corrected chi connectivity index (χ2v) is 5.59. The van der Waals surface area contributed by atoms with Crippen LogP contribution in [-0.4, -0.2) is 12.1 Å². The first-order chi connectivity index (χ1) is 6.74. The highest BCUT2D eigenvalue weighted by atomic mass is 16.5. The van der Waals surface area contributed by atoms with Crippen LogP contribution in [0.3, 0.4) is 0 Å². The molecule has 2 heteroatoms. The van der Waals surface area contributed by atoms with Crippen molar-refractivity contribution in [3.63, 3.8) is 0 Å². The van der Waals surface area contributed by atoms with Gasteiger partial charge in [-0.15, -0.1) is 0 Å². The molecule has 0 spiro atoms. The average Bonchev–Trinajstić information content (AvgIpc) is 2.72. The van der Waals surface area contributed by atoms with Crippen LogP contribution in [0.25, 0.3) is 0 Å². The summed E-state index contributed by atoms with van der Waals surface area (Å²) in [5.74, 6) is 3.38. The lowest BCUT2D eigenvalue weighted by atomic mass is 9.74. The molecular formula is C12H18O2. The first kappa shape index (κ1) is 8.75. The van der Waals surface area contributed by atoms with Gasteiger partial charge >= 0.3 is 0 Å². The SMILES string of the molecule is CC1(OC=O)CC2CC1C1CCCC21. The number of hydrogen-bond donors (Lipinski definition) is 0. The average molecular weight is 194 g/mol. The molecule has 3 aliphatic rings. The summed E-state index contributed by atoms with van der Waals surface area (Å²) in [6.45, 7) is 2.80. The summed E-state index contributed by atoms with van der Waals surface area (Å²) in [5.41, 5.74) is -0.113. The minimum atomic E-state index is -0.113. The third-order valence-electron chi connectivity index (χ3n) is 5.07. The monoisotopic (exact) mass is 194 g/mol. The predicted octanol–water partition coefficient (Wildman–Crippen LogP) is 2.37. The molecule has 3 rings (SSSR count). The van der Waals surface area contributed by atoms with Gasteiger partial charge in [0.1, 0.15) is 5.60 Å². The number of carbonyl (C=O) groups excluding carboxylic acids is 1. The Bertz CT molecular complexity index is 263. The van der Waals surface area contributed by atoms with Crippen LogP contribution in [0.15, 0.2) is 0 Å². The van der Waals surface area contributed by atoms with Crippen LogP contribution in [0.5, 0.6) is 0 Å². The van der Waals surface area contributed by atoms with Gasteiger partial charge in [-0.25, -0.2) is 0 Å². The van der Waals surface area contributed by atoms with Crippen LogP contribution in [-0.2, 0) is 9.53 Å². The van der Waals surface area contributed by atoms with Gasteiger partial charge in [0, 0.05) is 5.92 Å². The highest BCUT2D eigenvalue weighted by molar-refractivity contribution is 5.39. The zero-order chi connectivity index (χ0) is 9.76. The van der Waals surface area contributed by atoms with Gasteiger partial charge in [0.25, 0.3) is 6.47 Å². The topological polar surface area (TPSA) is 26.3 Å². The van der Waals surface area contributed by atoms with E-state index in [2.05, 4.69) is 6.92 Å². The quantitative estimate of drug-likeness (QED) is 0.631. The van der Waals surface area contributed by atoms with Gasteiger partial charge in [-0.05, 0) is 50.4 Å². The van der Waals surface area contributed by atoms with Crippen molar-refractivity contribution in [2.45, 2.75) is 44.6 Å². The van der Waals surface area contributed by atoms with Crippen LogP contribution in [0.4, 0.5) is 0 Å². The highest BCUT2D eigenvalue weighted by Gasteiger charge is 2.60. The molecule has 3 saturated carbocycles. The number of rotatable bonds is 2. The van der Waals surface area contributed by atoms with Crippen LogP contribution in [0.1, 0.15) is 39.0 Å². The summed E-state index contributed by atoms with van der Waals surface area (Å²) in [5, 5.41) is 0. The number of ether oxygens (including phenoxy) is 1. The molecule has 0 radical (unpaired) electrons.